The normalized spacial score (nSPS) is 14.7. The minimum Gasteiger partial charge on any atom is -0.480 e. The maximum absolute atomic E-state index is 11.6. The molecular weight excluding hydrogens is 244 g/mol. The van der Waals surface area contributed by atoms with Crippen LogP contribution in [0.3, 0.4) is 0 Å². The lowest BCUT2D eigenvalue weighted by molar-refractivity contribution is -0.138. The van der Waals surface area contributed by atoms with Crippen LogP contribution < -0.4 is 4.90 Å². The number of aliphatic carboxylic acids is 1. The van der Waals surface area contributed by atoms with Crippen molar-refractivity contribution in [2.24, 2.45) is 0 Å². The van der Waals surface area contributed by atoms with Gasteiger partial charge in [0.25, 0.3) is 0 Å². The summed E-state index contributed by atoms with van der Waals surface area (Å²) in [7, 11) is 3.57. The fraction of sp³-hybridized carbons (Fsp3) is 0.429. The molecule has 1 N–H and O–H groups in total. The van der Waals surface area contributed by atoms with Gasteiger partial charge >= 0.3 is 5.97 Å². The summed E-state index contributed by atoms with van der Waals surface area (Å²) in [5, 5.41) is 8.73. The van der Waals surface area contributed by atoms with Crippen LogP contribution in [0.2, 0.25) is 0 Å². The van der Waals surface area contributed by atoms with E-state index in [1.54, 1.807) is 23.9 Å². The summed E-state index contributed by atoms with van der Waals surface area (Å²) in [6, 6.07) is 5.96. The van der Waals surface area contributed by atoms with Gasteiger partial charge in [-0.15, -0.1) is 0 Å². The van der Waals surface area contributed by atoms with Gasteiger partial charge in [-0.25, -0.2) is 0 Å². The maximum atomic E-state index is 11.6. The van der Waals surface area contributed by atoms with E-state index in [1.165, 1.54) is 0 Å². The predicted octanol–water partition coefficient (Wildman–Crippen LogP) is 1.11. The molecular formula is C14H18N2O3. The van der Waals surface area contributed by atoms with Gasteiger partial charge in [-0.3, -0.25) is 14.5 Å². The Hall–Kier alpha value is -1.88. The Morgan fingerprint density at radius 3 is 2.84 bits per heavy atom. The lowest BCUT2D eigenvalue weighted by Gasteiger charge is -2.26. The number of anilines is 1. The van der Waals surface area contributed by atoms with Crippen molar-refractivity contribution in [1.29, 1.82) is 0 Å². The Morgan fingerprint density at radius 1 is 1.42 bits per heavy atom. The van der Waals surface area contributed by atoms with Gasteiger partial charge in [-0.1, -0.05) is 12.1 Å². The summed E-state index contributed by atoms with van der Waals surface area (Å²) in [5.74, 6) is -0.686. The van der Waals surface area contributed by atoms with Crippen LogP contribution in [0.4, 0.5) is 5.69 Å². The van der Waals surface area contributed by atoms with Crippen LogP contribution in [0.1, 0.15) is 17.5 Å². The monoisotopic (exact) mass is 262 g/mol. The van der Waals surface area contributed by atoms with Gasteiger partial charge in [0.2, 0.25) is 5.91 Å². The standard InChI is InChI=1S/C14H18N2O3/c1-15(9-14(18)19)8-10-3-5-12-11(7-10)4-6-13(17)16(12)2/h3,5,7H,4,6,8-9H2,1-2H3,(H,18,19). The van der Waals surface area contributed by atoms with E-state index < -0.39 is 5.97 Å². The van der Waals surface area contributed by atoms with Gasteiger partial charge in [0, 0.05) is 25.7 Å². The van der Waals surface area contributed by atoms with Crippen molar-refractivity contribution < 1.29 is 14.7 Å². The second kappa shape index (κ2) is 5.40. The van der Waals surface area contributed by atoms with Crippen molar-refractivity contribution in [3.8, 4) is 0 Å². The Labute approximate surface area is 112 Å². The maximum Gasteiger partial charge on any atom is 0.317 e. The number of aryl methyl sites for hydroxylation is 1. The highest BCUT2D eigenvalue weighted by Crippen LogP contribution is 2.27. The third-order valence-electron chi connectivity index (χ3n) is 3.35. The largest absolute Gasteiger partial charge is 0.480 e. The third-order valence-corrected chi connectivity index (χ3v) is 3.35. The number of carbonyl (C=O) groups is 2. The second-order valence-electron chi connectivity index (χ2n) is 4.98. The first-order chi connectivity index (χ1) is 8.97. The molecule has 0 fully saturated rings. The quantitative estimate of drug-likeness (QED) is 0.883. The van der Waals surface area contributed by atoms with E-state index in [0.717, 1.165) is 23.2 Å². The molecule has 102 valence electrons. The van der Waals surface area contributed by atoms with Gasteiger partial charge in [0.1, 0.15) is 0 Å². The van der Waals surface area contributed by atoms with E-state index in [2.05, 4.69) is 6.07 Å². The molecule has 0 spiro atoms. The number of amides is 1. The van der Waals surface area contributed by atoms with Gasteiger partial charge in [-0.05, 0) is 30.7 Å². The van der Waals surface area contributed by atoms with E-state index in [9.17, 15) is 9.59 Å². The molecule has 0 saturated carbocycles. The van der Waals surface area contributed by atoms with Crippen LogP contribution in [0, 0.1) is 0 Å². The van der Waals surface area contributed by atoms with E-state index in [1.807, 2.05) is 12.1 Å². The molecule has 1 amide bonds. The second-order valence-corrected chi connectivity index (χ2v) is 4.98. The highest BCUT2D eigenvalue weighted by atomic mass is 16.4. The number of carboxylic acids is 1. The first kappa shape index (κ1) is 13.5. The molecule has 0 bridgehead atoms. The SMILES string of the molecule is CN(CC(=O)O)Cc1ccc2c(c1)CCC(=O)N2C. The van der Waals surface area contributed by atoms with Crippen molar-refractivity contribution in [2.45, 2.75) is 19.4 Å². The highest BCUT2D eigenvalue weighted by Gasteiger charge is 2.20. The highest BCUT2D eigenvalue weighted by molar-refractivity contribution is 5.95. The Balaban J connectivity index is 2.13. The molecule has 0 atom stereocenters. The molecule has 1 aromatic rings. The zero-order valence-corrected chi connectivity index (χ0v) is 11.2. The molecule has 1 aliphatic heterocycles. The predicted molar refractivity (Wildman–Crippen MR) is 72.1 cm³/mol. The molecule has 19 heavy (non-hydrogen) atoms. The fourth-order valence-electron chi connectivity index (χ4n) is 2.41. The molecule has 0 aliphatic carbocycles. The first-order valence-corrected chi connectivity index (χ1v) is 6.26. The minimum absolute atomic E-state index is 0.0233. The molecule has 0 saturated heterocycles. The van der Waals surface area contributed by atoms with Crippen molar-refractivity contribution >= 4 is 17.6 Å². The molecule has 1 aliphatic rings. The molecule has 5 heteroatoms. The number of hydrogen-bond acceptors (Lipinski definition) is 3. The molecule has 0 radical (unpaired) electrons. The number of likely N-dealkylation sites (N-methyl/N-ethyl adjacent to an activating group) is 1. The van der Waals surface area contributed by atoms with Crippen LogP contribution in [-0.2, 0) is 22.6 Å². The summed E-state index contributed by atoms with van der Waals surface area (Å²) in [5.41, 5.74) is 3.19. The lowest BCUT2D eigenvalue weighted by atomic mass is 9.99. The number of carbonyl (C=O) groups excluding carboxylic acids is 1. The Kier molecular flexibility index (Phi) is 3.85. The minimum atomic E-state index is -0.828. The van der Waals surface area contributed by atoms with Crippen molar-refractivity contribution in [3.63, 3.8) is 0 Å². The van der Waals surface area contributed by atoms with E-state index in [4.69, 9.17) is 5.11 Å². The molecule has 1 aromatic carbocycles. The number of fused-ring (bicyclic) bond motifs is 1. The summed E-state index contributed by atoms with van der Waals surface area (Å²) in [6.45, 7) is 0.618. The van der Waals surface area contributed by atoms with E-state index >= 15 is 0 Å². The van der Waals surface area contributed by atoms with Crippen molar-refractivity contribution in [3.05, 3.63) is 29.3 Å². The van der Waals surface area contributed by atoms with Crippen LogP contribution >= 0.6 is 0 Å². The summed E-state index contributed by atoms with van der Waals surface area (Å²) >= 11 is 0. The third kappa shape index (κ3) is 3.12. The molecule has 0 unspecified atom stereocenters. The van der Waals surface area contributed by atoms with Crippen molar-refractivity contribution in [1.82, 2.24) is 4.90 Å². The molecule has 0 aromatic heterocycles. The topological polar surface area (TPSA) is 60.9 Å². The van der Waals surface area contributed by atoms with Crippen molar-refractivity contribution in [2.75, 3.05) is 25.5 Å². The summed E-state index contributed by atoms with van der Waals surface area (Å²) in [6.07, 6.45) is 1.30. The average molecular weight is 262 g/mol. The number of benzene rings is 1. The van der Waals surface area contributed by atoms with Gasteiger partial charge in [0.05, 0.1) is 6.54 Å². The zero-order valence-electron chi connectivity index (χ0n) is 11.2. The molecule has 5 nitrogen and oxygen atoms in total. The first-order valence-electron chi connectivity index (χ1n) is 6.26. The van der Waals surface area contributed by atoms with Crippen LogP contribution in [0.5, 0.6) is 0 Å². The number of hydrogen-bond donors (Lipinski definition) is 1. The van der Waals surface area contributed by atoms with Gasteiger partial charge in [0.15, 0.2) is 0 Å². The van der Waals surface area contributed by atoms with Crippen LogP contribution in [0.15, 0.2) is 18.2 Å². The number of carboxylic acid groups (broad SMARTS) is 1. The molecule has 1 heterocycles. The Bertz CT molecular complexity index is 513. The summed E-state index contributed by atoms with van der Waals surface area (Å²) < 4.78 is 0. The van der Waals surface area contributed by atoms with Gasteiger partial charge in [-0.2, -0.15) is 0 Å². The van der Waals surface area contributed by atoms with Gasteiger partial charge < -0.3 is 10.0 Å². The smallest absolute Gasteiger partial charge is 0.317 e. The van der Waals surface area contributed by atoms with E-state index in [0.29, 0.717) is 13.0 Å². The Morgan fingerprint density at radius 2 is 2.16 bits per heavy atom. The lowest BCUT2D eigenvalue weighted by Crippen LogP contribution is -2.31. The van der Waals surface area contributed by atoms with E-state index in [-0.39, 0.29) is 12.5 Å². The molecule has 2 rings (SSSR count). The fourth-order valence-corrected chi connectivity index (χ4v) is 2.41. The zero-order chi connectivity index (χ0) is 14.0. The average Bonchev–Trinajstić information content (AvgIpc) is 2.33. The summed E-state index contributed by atoms with van der Waals surface area (Å²) in [4.78, 5) is 25.7. The van der Waals surface area contributed by atoms with Crippen LogP contribution in [0.25, 0.3) is 0 Å². The number of rotatable bonds is 4. The van der Waals surface area contributed by atoms with Crippen LogP contribution in [-0.4, -0.2) is 42.5 Å². The number of nitrogens with zero attached hydrogens (tertiary/aromatic N) is 2.